The molecule has 0 radical (unpaired) electrons. The van der Waals surface area contributed by atoms with Crippen molar-refractivity contribution in [2.24, 2.45) is 0 Å². The predicted octanol–water partition coefficient (Wildman–Crippen LogP) is 3.01. The molecule has 2 aliphatic rings. The van der Waals surface area contributed by atoms with Gasteiger partial charge in [-0.15, -0.1) is 0 Å². The molecule has 4 rings (SSSR count). The van der Waals surface area contributed by atoms with Gasteiger partial charge in [-0.3, -0.25) is 9.59 Å². The quantitative estimate of drug-likeness (QED) is 0.751. The molecular weight excluding hydrogens is 426 g/mol. The van der Waals surface area contributed by atoms with E-state index in [0.717, 1.165) is 16.8 Å². The van der Waals surface area contributed by atoms with Gasteiger partial charge in [0.1, 0.15) is 6.04 Å². The Labute approximate surface area is 189 Å². The van der Waals surface area contributed by atoms with E-state index in [1.807, 2.05) is 44.2 Å². The molecule has 0 saturated carbocycles. The monoisotopic (exact) mass is 455 g/mol. The fourth-order valence-electron chi connectivity index (χ4n) is 4.81. The van der Waals surface area contributed by atoms with Gasteiger partial charge in [0.2, 0.25) is 21.8 Å². The van der Waals surface area contributed by atoms with E-state index in [0.29, 0.717) is 25.8 Å². The van der Waals surface area contributed by atoms with Crippen molar-refractivity contribution in [3.63, 3.8) is 0 Å². The minimum atomic E-state index is -3.84. The lowest BCUT2D eigenvalue weighted by Gasteiger charge is -2.25. The SMILES string of the molecule is CC(=O)N1c2ccc(S(=O)(=O)N3CCC[C@@H]3C(=O)N[C@H](C)c3ccccc3)cc2C[C@@H]1C. The molecule has 2 heterocycles. The van der Waals surface area contributed by atoms with Crippen LogP contribution in [0.4, 0.5) is 5.69 Å². The molecule has 0 spiro atoms. The van der Waals surface area contributed by atoms with Crippen molar-refractivity contribution in [3.05, 3.63) is 59.7 Å². The van der Waals surface area contributed by atoms with Crippen molar-refractivity contribution < 1.29 is 18.0 Å². The van der Waals surface area contributed by atoms with Crippen molar-refractivity contribution in [1.29, 1.82) is 0 Å². The topological polar surface area (TPSA) is 86.8 Å². The standard InChI is InChI=1S/C24H29N3O4S/c1-16-14-20-15-21(11-12-22(20)27(16)18(3)28)32(30,31)26-13-7-10-23(26)24(29)25-17(2)19-8-5-4-6-9-19/h4-6,8-9,11-12,15-17,23H,7,10,13-14H2,1-3H3,(H,25,29)/t16-,17+,23+/m0/s1. The van der Waals surface area contributed by atoms with E-state index in [9.17, 15) is 18.0 Å². The maximum atomic E-state index is 13.5. The van der Waals surface area contributed by atoms with Crippen molar-refractivity contribution in [1.82, 2.24) is 9.62 Å². The molecule has 0 aliphatic carbocycles. The number of fused-ring (bicyclic) bond motifs is 1. The molecule has 2 aromatic rings. The van der Waals surface area contributed by atoms with E-state index in [1.165, 1.54) is 11.2 Å². The molecule has 2 aliphatic heterocycles. The number of nitrogens with zero attached hydrogens (tertiary/aromatic N) is 2. The zero-order valence-corrected chi connectivity index (χ0v) is 19.4. The Morgan fingerprint density at radius 2 is 1.84 bits per heavy atom. The Morgan fingerprint density at radius 1 is 1.12 bits per heavy atom. The van der Waals surface area contributed by atoms with E-state index in [1.54, 1.807) is 23.1 Å². The first-order valence-corrected chi connectivity index (χ1v) is 12.4. The summed E-state index contributed by atoms with van der Waals surface area (Å²) in [6.45, 7) is 5.67. The van der Waals surface area contributed by atoms with Crippen LogP contribution in [0.5, 0.6) is 0 Å². The molecule has 0 unspecified atom stereocenters. The summed E-state index contributed by atoms with van der Waals surface area (Å²) < 4.78 is 28.3. The smallest absolute Gasteiger partial charge is 0.243 e. The summed E-state index contributed by atoms with van der Waals surface area (Å²) in [5.41, 5.74) is 2.57. The third-order valence-electron chi connectivity index (χ3n) is 6.38. The molecule has 1 saturated heterocycles. The fourth-order valence-corrected chi connectivity index (χ4v) is 6.52. The summed E-state index contributed by atoms with van der Waals surface area (Å²) in [6, 6.07) is 13.6. The number of hydrogen-bond acceptors (Lipinski definition) is 4. The number of nitrogens with one attached hydrogen (secondary N) is 1. The largest absolute Gasteiger partial charge is 0.348 e. The van der Waals surface area contributed by atoms with Crippen LogP contribution in [-0.4, -0.2) is 43.2 Å². The summed E-state index contributed by atoms with van der Waals surface area (Å²) in [5.74, 6) is -0.337. The van der Waals surface area contributed by atoms with Crippen molar-refractivity contribution in [3.8, 4) is 0 Å². The normalized spacial score (nSPS) is 21.9. The molecule has 32 heavy (non-hydrogen) atoms. The van der Waals surface area contributed by atoms with Crippen molar-refractivity contribution >= 4 is 27.5 Å². The third kappa shape index (κ3) is 4.04. The summed E-state index contributed by atoms with van der Waals surface area (Å²) in [5, 5.41) is 2.97. The fraction of sp³-hybridized carbons (Fsp3) is 0.417. The molecule has 1 N–H and O–H groups in total. The lowest BCUT2D eigenvalue weighted by Crippen LogP contribution is -2.46. The van der Waals surface area contributed by atoms with Crippen molar-refractivity contribution in [2.45, 2.75) is 63.1 Å². The van der Waals surface area contributed by atoms with E-state index in [2.05, 4.69) is 5.32 Å². The molecule has 0 aromatic heterocycles. The number of amides is 2. The number of anilines is 1. The van der Waals surface area contributed by atoms with Crippen LogP contribution in [0.25, 0.3) is 0 Å². The first kappa shape index (κ1) is 22.5. The average Bonchev–Trinajstić information content (AvgIpc) is 3.38. The van der Waals surface area contributed by atoms with E-state index < -0.39 is 16.1 Å². The molecule has 8 heteroatoms. The highest BCUT2D eigenvalue weighted by Crippen LogP contribution is 2.35. The van der Waals surface area contributed by atoms with Crippen LogP contribution in [0.15, 0.2) is 53.4 Å². The van der Waals surface area contributed by atoms with Gasteiger partial charge in [0.05, 0.1) is 10.9 Å². The van der Waals surface area contributed by atoms with Crippen LogP contribution in [0, 0.1) is 0 Å². The second-order valence-corrected chi connectivity index (χ2v) is 10.5. The molecule has 2 amide bonds. The molecular formula is C24H29N3O4S. The number of rotatable bonds is 5. The molecule has 2 aromatic carbocycles. The summed E-state index contributed by atoms with van der Waals surface area (Å²) >= 11 is 0. The lowest BCUT2D eigenvalue weighted by molar-refractivity contribution is -0.124. The zero-order chi connectivity index (χ0) is 23.0. The first-order chi connectivity index (χ1) is 15.2. The summed E-state index contributed by atoms with van der Waals surface area (Å²) in [6.07, 6.45) is 1.74. The van der Waals surface area contributed by atoms with Crippen LogP contribution in [-0.2, 0) is 26.0 Å². The van der Waals surface area contributed by atoms with Crippen LogP contribution in [0.1, 0.15) is 50.8 Å². The van der Waals surface area contributed by atoms with Crippen LogP contribution in [0.2, 0.25) is 0 Å². The van der Waals surface area contributed by atoms with Gasteiger partial charge in [0.15, 0.2) is 0 Å². The number of benzene rings is 2. The molecule has 0 bridgehead atoms. The number of carbonyl (C=O) groups excluding carboxylic acids is 2. The summed E-state index contributed by atoms with van der Waals surface area (Å²) in [7, 11) is -3.84. The van der Waals surface area contributed by atoms with Gasteiger partial charge in [0.25, 0.3) is 0 Å². The van der Waals surface area contributed by atoms with Gasteiger partial charge < -0.3 is 10.2 Å². The highest BCUT2D eigenvalue weighted by atomic mass is 32.2. The highest BCUT2D eigenvalue weighted by Gasteiger charge is 2.40. The third-order valence-corrected chi connectivity index (χ3v) is 8.28. The molecule has 1 fully saturated rings. The van der Waals surface area contributed by atoms with Crippen LogP contribution >= 0.6 is 0 Å². The number of hydrogen-bond donors (Lipinski definition) is 1. The second-order valence-electron chi connectivity index (χ2n) is 8.65. The Morgan fingerprint density at radius 3 is 2.53 bits per heavy atom. The minimum absolute atomic E-state index is 0.00904. The average molecular weight is 456 g/mol. The van der Waals surface area contributed by atoms with E-state index in [-0.39, 0.29) is 28.8 Å². The maximum absolute atomic E-state index is 13.5. The molecule has 170 valence electrons. The Hall–Kier alpha value is -2.71. The number of sulfonamides is 1. The first-order valence-electron chi connectivity index (χ1n) is 11.0. The van der Waals surface area contributed by atoms with Gasteiger partial charge in [-0.05, 0) is 62.4 Å². The van der Waals surface area contributed by atoms with Crippen LogP contribution < -0.4 is 10.2 Å². The second kappa shape index (κ2) is 8.67. The predicted molar refractivity (Wildman–Crippen MR) is 123 cm³/mol. The van der Waals surface area contributed by atoms with Gasteiger partial charge in [-0.1, -0.05) is 30.3 Å². The molecule has 3 atom stereocenters. The summed E-state index contributed by atoms with van der Waals surface area (Å²) in [4.78, 5) is 26.8. The van der Waals surface area contributed by atoms with Gasteiger partial charge in [-0.25, -0.2) is 8.42 Å². The van der Waals surface area contributed by atoms with E-state index in [4.69, 9.17) is 0 Å². The lowest BCUT2D eigenvalue weighted by atomic mass is 10.1. The van der Waals surface area contributed by atoms with Crippen LogP contribution in [0.3, 0.4) is 0 Å². The Kier molecular flexibility index (Phi) is 6.09. The van der Waals surface area contributed by atoms with Crippen molar-refractivity contribution in [2.75, 3.05) is 11.4 Å². The van der Waals surface area contributed by atoms with Gasteiger partial charge in [-0.2, -0.15) is 4.31 Å². The minimum Gasteiger partial charge on any atom is -0.348 e. The van der Waals surface area contributed by atoms with E-state index >= 15 is 0 Å². The number of carbonyl (C=O) groups is 2. The zero-order valence-electron chi connectivity index (χ0n) is 18.6. The van der Waals surface area contributed by atoms with Gasteiger partial charge in [0, 0.05) is 25.2 Å². The highest BCUT2D eigenvalue weighted by molar-refractivity contribution is 7.89. The van der Waals surface area contributed by atoms with Gasteiger partial charge >= 0.3 is 0 Å². The Balaban J connectivity index is 1.55. The maximum Gasteiger partial charge on any atom is 0.243 e. The molecule has 7 nitrogen and oxygen atoms in total. The Bertz CT molecular complexity index is 1130.